The summed E-state index contributed by atoms with van der Waals surface area (Å²) in [6.07, 6.45) is 5.19. The number of alkyl halides is 2. The van der Waals surface area contributed by atoms with Gasteiger partial charge in [0.15, 0.2) is 0 Å². The minimum Gasteiger partial charge on any atom is -0.464 e. The molecular formula is C22H20F2N4O3S. The molecule has 1 aliphatic heterocycles. The number of hydrogen-bond acceptors (Lipinski definition) is 6. The fourth-order valence-corrected chi connectivity index (χ4v) is 4.34. The second kappa shape index (κ2) is 8.18. The van der Waals surface area contributed by atoms with E-state index in [-0.39, 0.29) is 18.8 Å². The van der Waals surface area contributed by atoms with Gasteiger partial charge >= 0.3 is 0 Å². The van der Waals surface area contributed by atoms with Crippen molar-refractivity contribution in [3.05, 3.63) is 48.5 Å². The predicted molar refractivity (Wildman–Crippen MR) is 118 cm³/mol. The summed E-state index contributed by atoms with van der Waals surface area (Å²) in [6, 6.07) is 9.29. The molecule has 3 aromatic heterocycles. The summed E-state index contributed by atoms with van der Waals surface area (Å²) in [5.74, 6) is -3.09. The van der Waals surface area contributed by atoms with Crippen LogP contribution in [0.5, 0.6) is 0 Å². The van der Waals surface area contributed by atoms with E-state index in [4.69, 9.17) is 14.3 Å². The van der Waals surface area contributed by atoms with E-state index >= 15 is 0 Å². The summed E-state index contributed by atoms with van der Waals surface area (Å²) in [4.78, 5) is 18.4. The quantitative estimate of drug-likeness (QED) is 0.455. The molecule has 1 fully saturated rings. The molecule has 0 bridgehead atoms. The molecular weight excluding hydrogens is 438 g/mol. The van der Waals surface area contributed by atoms with Crippen LogP contribution in [0.25, 0.3) is 33.1 Å². The number of para-hydroxylation sites is 1. The van der Waals surface area contributed by atoms with E-state index in [2.05, 4.69) is 4.98 Å². The standard InChI is InChI=1S/C22H20F2N4O3S/c1-32-13-28-18-8-17(21(29)27-6-7-30-12-22(23,24)11-27)25-9-15(18)20(26-28)16-10-31-19-5-3-2-4-14(16)19/h2-5,8-10H,6-7,11-13H2,1H3. The molecule has 166 valence electrons. The van der Waals surface area contributed by atoms with Gasteiger partial charge in [0.05, 0.1) is 24.5 Å². The molecule has 0 N–H and O–H groups in total. The maximum absolute atomic E-state index is 13.9. The summed E-state index contributed by atoms with van der Waals surface area (Å²) in [6.45, 7) is -1.23. The second-order valence-corrected chi connectivity index (χ2v) is 8.47. The van der Waals surface area contributed by atoms with Gasteiger partial charge in [-0.3, -0.25) is 14.5 Å². The molecule has 5 rings (SSSR count). The third-order valence-corrected chi connectivity index (χ3v) is 5.87. The van der Waals surface area contributed by atoms with Gasteiger partial charge < -0.3 is 14.1 Å². The Bertz CT molecular complexity index is 1300. The van der Waals surface area contributed by atoms with E-state index in [0.717, 1.165) is 26.8 Å². The molecule has 10 heteroatoms. The Balaban J connectivity index is 1.58. The number of halogens is 2. The third kappa shape index (κ3) is 3.73. The molecule has 0 radical (unpaired) electrons. The topological polar surface area (TPSA) is 73.4 Å². The zero-order valence-electron chi connectivity index (χ0n) is 17.3. The average Bonchev–Trinajstić information content (AvgIpc) is 3.31. The highest BCUT2D eigenvalue weighted by Crippen LogP contribution is 2.35. The summed E-state index contributed by atoms with van der Waals surface area (Å²) in [5.41, 5.74) is 3.08. The minimum atomic E-state index is -3.09. The lowest BCUT2D eigenvalue weighted by molar-refractivity contribution is -0.0661. The Morgan fingerprint density at radius 3 is 2.97 bits per heavy atom. The molecule has 1 aliphatic rings. The van der Waals surface area contributed by atoms with Crippen LogP contribution in [0.3, 0.4) is 0 Å². The van der Waals surface area contributed by atoms with Crippen molar-refractivity contribution in [3.8, 4) is 11.3 Å². The molecule has 0 aliphatic carbocycles. The number of rotatable bonds is 4. The van der Waals surface area contributed by atoms with E-state index in [1.807, 2.05) is 30.5 Å². The Morgan fingerprint density at radius 2 is 2.12 bits per heavy atom. The van der Waals surface area contributed by atoms with Crippen LogP contribution in [-0.4, -0.2) is 64.1 Å². The number of ether oxygens (including phenoxy) is 1. The number of amides is 1. The maximum Gasteiger partial charge on any atom is 0.288 e. The summed E-state index contributed by atoms with van der Waals surface area (Å²) in [7, 11) is 0. The Kier molecular flexibility index (Phi) is 5.34. The van der Waals surface area contributed by atoms with Gasteiger partial charge in [-0.1, -0.05) is 18.2 Å². The van der Waals surface area contributed by atoms with Gasteiger partial charge in [-0.05, 0) is 18.4 Å². The van der Waals surface area contributed by atoms with Gasteiger partial charge in [-0.25, -0.2) is 8.78 Å². The van der Waals surface area contributed by atoms with Crippen molar-refractivity contribution >= 4 is 39.5 Å². The van der Waals surface area contributed by atoms with Crippen molar-refractivity contribution < 1.29 is 22.7 Å². The lowest BCUT2D eigenvalue weighted by Gasteiger charge is -2.22. The Morgan fingerprint density at radius 1 is 1.28 bits per heavy atom. The molecule has 7 nitrogen and oxygen atoms in total. The van der Waals surface area contributed by atoms with Crippen LogP contribution in [0.2, 0.25) is 0 Å². The van der Waals surface area contributed by atoms with E-state index in [1.165, 1.54) is 0 Å². The lowest BCUT2D eigenvalue weighted by Crippen LogP contribution is -2.41. The molecule has 0 spiro atoms. The van der Waals surface area contributed by atoms with Gasteiger partial charge in [0.2, 0.25) is 0 Å². The van der Waals surface area contributed by atoms with Crippen LogP contribution in [0, 0.1) is 0 Å². The highest BCUT2D eigenvalue weighted by Gasteiger charge is 2.37. The van der Waals surface area contributed by atoms with Gasteiger partial charge in [-0.2, -0.15) is 5.10 Å². The smallest absolute Gasteiger partial charge is 0.288 e. The number of aromatic nitrogens is 3. The van der Waals surface area contributed by atoms with E-state index < -0.39 is 25.0 Å². The SMILES string of the molecule is CSCn1nc(-c2coc3ccccc23)c2cnc(C(=O)N3CCOCC(F)(F)C3)cc21. The number of fused-ring (bicyclic) bond motifs is 2. The summed E-state index contributed by atoms with van der Waals surface area (Å²) < 4.78 is 40.3. The number of hydrogen-bond donors (Lipinski definition) is 0. The van der Waals surface area contributed by atoms with Gasteiger partial charge in [-0.15, -0.1) is 11.8 Å². The number of benzene rings is 1. The van der Waals surface area contributed by atoms with Crippen LogP contribution in [0.4, 0.5) is 8.78 Å². The predicted octanol–water partition coefficient (Wildman–Crippen LogP) is 4.27. The maximum atomic E-state index is 13.9. The van der Waals surface area contributed by atoms with Crippen molar-refractivity contribution in [3.63, 3.8) is 0 Å². The molecule has 1 saturated heterocycles. The molecule has 4 aromatic rings. The van der Waals surface area contributed by atoms with Crippen LogP contribution in [0.15, 0.2) is 47.2 Å². The fourth-order valence-electron chi connectivity index (χ4n) is 3.90. The van der Waals surface area contributed by atoms with Crippen molar-refractivity contribution in [1.82, 2.24) is 19.7 Å². The fraction of sp³-hybridized carbons (Fsp3) is 0.318. The van der Waals surface area contributed by atoms with E-state index in [1.54, 1.807) is 35.0 Å². The zero-order valence-corrected chi connectivity index (χ0v) is 18.1. The number of thioether (sulfide) groups is 1. The lowest BCUT2D eigenvalue weighted by atomic mass is 10.1. The van der Waals surface area contributed by atoms with Crippen molar-refractivity contribution in [1.29, 1.82) is 0 Å². The first kappa shape index (κ1) is 20.9. The first-order valence-electron chi connectivity index (χ1n) is 10.0. The normalized spacial score (nSPS) is 16.5. The average molecular weight is 458 g/mol. The van der Waals surface area contributed by atoms with Crippen LogP contribution < -0.4 is 0 Å². The molecule has 1 aromatic carbocycles. The van der Waals surface area contributed by atoms with Crippen molar-refractivity contribution in [2.75, 3.05) is 32.6 Å². The molecule has 0 saturated carbocycles. The molecule has 4 heterocycles. The number of carbonyl (C=O) groups is 1. The van der Waals surface area contributed by atoms with Crippen LogP contribution in [0.1, 0.15) is 10.5 Å². The van der Waals surface area contributed by atoms with Gasteiger partial charge in [0, 0.05) is 29.1 Å². The van der Waals surface area contributed by atoms with E-state index in [9.17, 15) is 13.6 Å². The molecule has 32 heavy (non-hydrogen) atoms. The first-order chi connectivity index (χ1) is 15.5. The number of pyridine rings is 1. The van der Waals surface area contributed by atoms with Gasteiger partial charge in [0.1, 0.15) is 29.8 Å². The van der Waals surface area contributed by atoms with Crippen molar-refractivity contribution in [2.24, 2.45) is 0 Å². The number of nitrogens with zero attached hydrogens (tertiary/aromatic N) is 4. The highest BCUT2D eigenvalue weighted by atomic mass is 32.2. The van der Waals surface area contributed by atoms with Crippen LogP contribution in [-0.2, 0) is 10.6 Å². The van der Waals surface area contributed by atoms with Gasteiger partial charge in [0.25, 0.3) is 11.8 Å². The summed E-state index contributed by atoms with van der Waals surface area (Å²) >= 11 is 1.57. The van der Waals surface area contributed by atoms with Crippen LogP contribution >= 0.6 is 11.8 Å². The largest absolute Gasteiger partial charge is 0.464 e. The van der Waals surface area contributed by atoms with E-state index in [0.29, 0.717) is 17.1 Å². The number of carbonyl (C=O) groups excluding carboxylic acids is 1. The Hall–Kier alpha value is -2.98. The molecule has 0 unspecified atom stereocenters. The third-order valence-electron chi connectivity index (χ3n) is 5.37. The molecule has 1 amide bonds. The van der Waals surface area contributed by atoms with Crippen molar-refractivity contribution in [2.45, 2.75) is 11.8 Å². The number of furan rings is 1. The Labute approximate surface area is 186 Å². The zero-order chi connectivity index (χ0) is 22.3. The summed E-state index contributed by atoms with van der Waals surface area (Å²) in [5, 5.41) is 6.44. The first-order valence-corrected chi connectivity index (χ1v) is 11.4. The monoisotopic (exact) mass is 458 g/mol. The second-order valence-electron chi connectivity index (χ2n) is 7.63. The molecule has 0 atom stereocenters. The minimum absolute atomic E-state index is 0.0612. The highest BCUT2D eigenvalue weighted by molar-refractivity contribution is 7.97.